The third-order valence-corrected chi connectivity index (χ3v) is 2.20. The average molecular weight is 231 g/mol. The number of benzene rings is 1. The summed E-state index contributed by atoms with van der Waals surface area (Å²) in [5, 5.41) is 2.56. The summed E-state index contributed by atoms with van der Waals surface area (Å²) in [6.07, 6.45) is 3.02. The molecule has 0 atom stereocenters. The summed E-state index contributed by atoms with van der Waals surface area (Å²) in [6, 6.07) is 7.26. The summed E-state index contributed by atoms with van der Waals surface area (Å²) in [7, 11) is 0. The maximum absolute atomic E-state index is 13.1. The number of aromatic nitrogens is 1. The van der Waals surface area contributed by atoms with Gasteiger partial charge < -0.3 is 11.1 Å². The van der Waals surface area contributed by atoms with Gasteiger partial charge in [0.25, 0.3) is 5.91 Å². The van der Waals surface area contributed by atoms with Crippen LogP contribution >= 0.6 is 0 Å². The van der Waals surface area contributed by atoms with Gasteiger partial charge in [-0.1, -0.05) is 0 Å². The topological polar surface area (TPSA) is 68.0 Å². The minimum atomic E-state index is -0.558. The first kappa shape index (κ1) is 11.1. The number of carbonyl (C=O) groups excluding carboxylic acids is 1. The number of nitrogens with zero attached hydrogens (tertiary/aromatic N) is 1. The van der Waals surface area contributed by atoms with Crippen LogP contribution in [0.1, 0.15) is 10.4 Å². The van der Waals surface area contributed by atoms with E-state index in [4.69, 9.17) is 5.73 Å². The van der Waals surface area contributed by atoms with E-state index in [1.54, 1.807) is 12.1 Å². The van der Waals surface area contributed by atoms with Gasteiger partial charge in [0, 0.05) is 23.6 Å². The Hall–Kier alpha value is -2.43. The standard InChI is InChI=1S/C12H10FN3O/c13-10-7-9(1-2-11(10)14)16-12(17)8-3-5-15-6-4-8/h1-7H,14H2,(H,16,17). The lowest BCUT2D eigenvalue weighted by molar-refractivity contribution is 0.102. The average Bonchev–Trinajstić information content (AvgIpc) is 2.35. The molecule has 4 nitrogen and oxygen atoms in total. The van der Waals surface area contributed by atoms with Crippen LogP contribution in [0.3, 0.4) is 0 Å². The van der Waals surface area contributed by atoms with Gasteiger partial charge in [0.1, 0.15) is 5.82 Å². The number of hydrogen-bond acceptors (Lipinski definition) is 3. The zero-order valence-electron chi connectivity index (χ0n) is 8.85. The molecule has 0 fully saturated rings. The summed E-state index contributed by atoms with van der Waals surface area (Å²) < 4.78 is 13.1. The van der Waals surface area contributed by atoms with Crippen LogP contribution in [-0.4, -0.2) is 10.9 Å². The normalized spacial score (nSPS) is 9.94. The van der Waals surface area contributed by atoms with Gasteiger partial charge in [0.2, 0.25) is 0 Å². The molecule has 1 heterocycles. The molecule has 1 aromatic carbocycles. The number of hydrogen-bond donors (Lipinski definition) is 2. The minimum absolute atomic E-state index is 0.0481. The lowest BCUT2D eigenvalue weighted by atomic mass is 10.2. The van der Waals surface area contributed by atoms with E-state index in [2.05, 4.69) is 10.3 Å². The number of pyridine rings is 1. The highest BCUT2D eigenvalue weighted by Crippen LogP contribution is 2.16. The number of carbonyl (C=O) groups is 1. The van der Waals surface area contributed by atoms with Crippen LogP contribution in [-0.2, 0) is 0 Å². The van der Waals surface area contributed by atoms with Crippen LogP contribution in [0.25, 0.3) is 0 Å². The van der Waals surface area contributed by atoms with Gasteiger partial charge in [-0.15, -0.1) is 0 Å². The number of rotatable bonds is 2. The van der Waals surface area contributed by atoms with Crippen LogP contribution in [0, 0.1) is 5.82 Å². The van der Waals surface area contributed by atoms with E-state index < -0.39 is 5.82 Å². The summed E-state index contributed by atoms with van der Waals surface area (Å²) in [5.41, 5.74) is 6.20. The molecule has 86 valence electrons. The minimum Gasteiger partial charge on any atom is -0.396 e. The summed E-state index contributed by atoms with van der Waals surface area (Å²) in [6.45, 7) is 0. The Balaban J connectivity index is 2.16. The highest BCUT2D eigenvalue weighted by atomic mass is 19.1. The van der Waals surface area contributed by atoms with E-state index in [9.17, 15) is 9.18 Å². The van der Waals surface area contributed by atoms with Crippen LogP contribution in [0.4, 0.5) is 15.8 Å². The number of nitrogen functional groups attached to an aromatic ring is 1. The highest BCUT2D eigenvalue weighted by molar-refractivity contribution is 6.04. The molecular weight excluding hydrogens is 221 g/mol. The third-order valence-electron chi connectivity index (χ3n) is 2.20. The molecular formula is C12H10FN3O. The first-order valence-electron chi connectivity index (χ1n) is 4.93. The van der Waals surface area contributed by atoms with Crippen molar-refractivity contribution < 1.29 is 9.18 Å². The van der Waals surface area contributed by atoms with E-state index in [-0.39, 0.29) is 11.6 Å². The SMILES string of the molecule is Nc1ccc(NC(=O)c2ccncc2)cc1F. The van der Waals surface area contributed by atoms with Crippen molar-refractivity contribution in [1.82, 2.24) is 4.98 Å². The van der Waals surface area contributed by atoms with Crippen molar-refractivity contribution in [2.24, 2.45) is 0 Å². The molecule has 0 aliphatic carbocycles. The molecule has 1 aromatic heterocycles. The maximum Gasteiger partial charge on any atom is 0.255 e. The van der Waals surface area contributed by atoms with Gasteiger partial charge in [-0.3, -0.25) is 9.78 Å². The van der Waals surface area contributed by atoms with E-state index in [1.165, 1.54) is 30.6 Å². The second kappa shape index (κ2) is 4.61. The van der Waals surface area contributed by atoms with Gasteiger partial charge >= 0.3 is 0 Å². The summed E-state index contributed by atoms with van der Waals surface area (Å²) in [4.78, 5) is 15.5. The number of amides is 1. The fourth-order valence-corrected chi connectivity index (χ4v) is 1.31. The molecule has 0 spiro atoms. The molecule has 0 saturated carbocycles. The molecule has 0 saturated heterocycles. The van der Waals surface area contributed by atoms with E-state index in [1.807, 2.05) is 0 Å². The molecule has 0 unspecified atom stereocenters. The molecule has 0 radical (unpaired) electrons. The fraction of sp³-hybridized carbons (Fsp3) is 0. The Morgan fingerprint density at radius 1 is 1.24 bits per heavy atom. The third kappa shape index (κ3) is 2.57. The number of nitrogens with one attached hydrogen (secondary N) is 1. The molecule has 2 rings (SSSR count). The Labute approximate surface area is 97.3 Å². The fourth-order valence-electron chi connectivity index (χ4n) is 1.31. The quantitative estimate of drug-likeness (QED) is 0.777. The highest BCUT2D eigenvalue weighted by Gasteiger charge is 2.06. The summed E-state index contributed by atoms with van der Waals surface area (Å²) in [5.74, 6) is -0.880. The lowest BCUT2D eigenvalue weighted by Gasteiger charge is -2.05. The molecule has 0 bridgehead atoms. The van der Waals surface area contributed by atoms with Gasteiger partial charge in [-0.05, 0) is 30.3 Å². The molecule has 2 aromatic rings. The van der Waals surface area contributed by atoms with Crippen molar-refractivity contribution >= 4 is 17.3 Å². The van der Waals surface area contributed by atoms with Crippen molar-refractivity contribution in [3.05, 3.63) is 54.1 Å². The Kier molecular flexibility index (Phi) is 3.00. The van der Waals surface area contributed by atoms with Crippen molar-refractivity contribution in [2.75, 3.05) is 11.1 Å². The second-order valence-corrected chi connectivity index (χ2v) is 3.43. The molecule has 0 aliphatic rings. The second-order valence-electron chi connectivity index (χ2n) is 3.43. The molecule has 5 heteroatoms. The van der Waals surface area contributed by atoms with E-state index >= 15 is 0 Å². The van der Waals surface area contributed by atoms with Crippen molar-refractivity contribution in [2.45, 2.75) is 0 Å². The first-order chi connectivity index (χ1) is 8.16. The lowest BCUT2D eigenvalue weighted by Crippen LogP contribution is -2.12. The molecule has 17 heavy (non-hydrogen) atoms. The van der Waals surface area contributed by atoms with Crippen LogP contribution < -0.4 is 11.1 Å². The van der Waals surface area contributed by atoms with Gasteiger partial charge in [0.15, 0.2) is 0 Å². The molecule has 3 N–H and O–H groups in total. The van der Waals surface area contributed by atoms with E-state index in [0.29, 0.717) is 11.3 Å². The molecule has 0 aliphatic heterocycles. The zero-order valence-corrected chi connectivity index (χ0v) is 8.85. The van der Waals surface area contributed by atoms with Crippen LogP contribution in [0.2, 0.25) is 0 Å². The smallest absolute Gasteiger partial charge is 0.255 e. The Bertz CT molecular complexity index is 543. The summed E-state index contributed by atoms with van der Waals surface area (Å²) >= 11 is 0. The largest absolute Gasteiger partial charge is 0.396 e. The van der Waals surface area contributed by atoms with Crippen LogP contribution in [0.5, 0.6) is 0 Å². The molecule has 1 amide bonds. The van der Waals surface area contributed by atoms with Gasteiger partial charge in [-0.25, -0.2) is 4.39 Å². The zero-order chi connectivity index (χ0) is 12.3. The predicted octanol–water partition coefficient (Wildman–Crippen LogP) is 2.06. The van der Waals surface area contributed by atoms with Gasteiger partial charge in [-0.2, -0.15) is 0 Å². The number of anilines is 2. The van der Waals surface area contributed by atoms with Crippen molar-refractivity contribution in [1.29, 1.82) is 0 Å². The van der Waals surface area contributed by atoms with E-state index in [0.717, 1.165) is 0 Å². The Morgan fingerprint density at radius 3 is 2.59 bits per heavy atom. The number of nitrogens with two attached hydrogens (primary N) is 1. The number of halogens is 1. The van der Waals surface area contributed by atoms with Crippen LogP contribution in [0.15, 0.2) is 42.7 Å². The first-order valence-corrected chi connectivity index (χ1v) is 4.93. The van der Waals surface area contributed by atoms with Crippen molar-refractivity contribution in [3.63, 3.8) is 0 Å². The van der Waals surface area contributed by atoms with Gasteiger partial charge in [0.05, 0.1) is 5.69 Å². The predicted molar refractivity (Wildman–Crippen MR) is 63.0 cm³/mol. The Morgan fingerprint density at radius 2 is 1.94 bits per heavy atom. The monoisotopic (exact) mass is 231 g/mol. The van der Waals surface area contributed by atoms with Crippen molar-refractivity contribution in [3.8, 4) is 0 Å². The maximum atomic E-state index is 13.1.